The number of aliphatic hydroxyl groups excluding tert-OH is 1. The van der Waals surface area contributed by atoms with Crippen LogP contribution in [0.4, 0.5) is 4.39 Å². The van der Waals surface area contributed by atoms with Gasteiger partial charge in [0.15, 0.2) is 0 Å². The number of rotatable bonds is 2. The minimum atomic E-state index is -0.358. The van der Waals surface area contributed by atoms with Gasteiger partial charge in [0.2, 0.25) is 0 Å². The van der Waals surface area contributed by atoms with Crippen molar-refractivity contribution in [3.8, 4) is 11.1 Å². The van der Waals surface area contributed by atoms with Gasteiger partial charge in [-0.2, -0.15) is 0 Å². The summed E-state index contributed by atoms with van der Waals surface area (Å²) in [6.07, 6.45) is 1.67. The van der Waals surface area contributed by atoms with Crippen molar-refractivity contribution in [1.29, 1.82) is 0 Å². The van der Waals surface area contributed by atoms with Crippen molar-refractivity contribution in [1.82, 2.24) is 4.98 Å². The highest BCUT2D eigenvalue weighted by Gasteiger charge is 2.12. The molecule has 2 aromatic carbocycles. The van der Waals surface area contributed by atoms with Gasteiger partial charge in [-0.15, -0.1) is 0 Å². The predicted molar refractivity (Wildman–Crippen MR) is 88.5 cm³/mol. The Labute approximate surface area is 132 Å². The van der Waals surface area contributed by atoms with Crippen LogP contribution in [0.5, 0.6) is 0 Å². The maximum Gasteiger partial charge on any atom is 0.123 e. The van der Waals surface area contributed by atoms with Gasteiger partial charge >= 0.3 is 0 Å². The number of nitrogens with zero attached hydrogens (tertiary/aromatic N) is 1. The fraction of sp³-hybridized carbons (Fsp3) is 0.0556. The van der Waals surface area contributed by atoms with Crippen molar-refractivity contribution >= 4 is 28.3 Å². The van der Waals surface area contributed by atoms with E-state index >= 15 is 0 Å². The number of aryl methyl sites for hydroxylation is 1. The smallest absolute Gasteiger partial charge is 0.123 e. The number of pyridine rings is 1. The lowest BCUT2D eigenvalue weighted by Crippen LogP contribution is -1.92. The molecule has 1 heterocycles. The number of benzene rings is 2. The van der Waals surface area contributed by atoms with E-state index in [2.05, 4.69) is 11.6 Å². The first kappa shape index (κ1) is 14.5. The van der Waals surface area contributed by atoms with Gasteiger partial charge in [-0.05, 0) is 54.4 Å². The van der Waals surface area contributed by atoms with Crippen LogP contribution in [-0.2, 0) is 0 Å². The lowest BCUT2D eigenvalue weighted by atomic mass is 9.97. The Balaban J connectivity index is 2.39. The SMILES string of the molecule is C=C(O)c1cc(C)c2nccc(-c3cc(F)ccc3Cl)c2c1. The first-order chi connectivity index (χ1) is 10.5. The summed E-state index contributed by atoms with van der Waals surface area (Å²) in [5, 5.41) is 10.9. The number of hydrogen-bond acceptors (Lipinski definition) is 2. The van der Waals surface area contributed by atoms with Gasteiger partial charge in [0.1, 0.15) is 11.6 Å². The largest absolute Gasteiger partial charge is 0.508 e. The number of hydrogen-bond donors (Lipinski definition) is 1. The van der Waals surface area contributed by atoms with Crippen molar-refractivity contribution in [2.75, 3.05) is 0 Å². The molecule has 0 radical (unpaired) electrons. The van der Waals surface area contributed by atoms with Gasteiger partial charge in [0, 0.05) is 27.7 Å². The summed E-state index contributed by atoms with van der Waals surface area (Å²) in [6.45, 7) is 5.46. The van der Waals surface area contributed by atoms with E-state index < -0.39 is 0 Å². The molecule has 0 amide bonds. The highest BCUT2D eigenvalue weighted by atomic mass is 35.5. The highest BCUT2D eigenvalue weighted by Crippen LogP contribution is 2.35. The van der Waals surface area contributed by atoms with Crippen molar-refractivity contribution < 1.29 is 9.50 Å². The lowest BCUT2D eigenvalue weighted by molar-refractivity contribution is 0.514. The highest BCUT2D eigenvalue weighted by molar-refractivity contribution is 6.33. The fourth-order valence-corrected chi connectivity index (χ4v) is 2.76. The summed E-state index contributed by atoms with van der Waals surface area (Å²) in [6, 6.07) is 9.63. The molecule has 2 nitrogen and oxygen atoms in total. The molecule has 3 rings (SSSR count). The minimum absolute atomic E-state index is 0.0230. The molecule has 3 aromatic rings. The predicted octanol–water partition coefficient (Wildman–Crippen LogP) is 5.53. The van der Waals surface area contributed by atoms with Crippen molar-refractivity contribution in [3.05, 3.63) is 71.1 Å². The standard InChI is InChI=1S/C18H13ClFNO/c1-10-7-12(11(2)22)8-16-14(5-6-21-18(10)16)15-9-13(20)3-4-17(15)19/h3-9,22H,2H2,1H3. The van der Waals surface area contributed by atoms with Crippen molar-refractivity contribution in [2.24, 2.45) is 0 Å². The van der Waals surface area contributed by atoms with Crippen LogP contribution < -0.4 is 0 Å². The average Bonchev–Trinajstić information content (AvgIpc) is 2.49. The van der Waals surface area contributed by atoms with E-state index in [-0.39, 0.29) is 11.6 Å². The molecule has 0 bridgehead atoms. The molecule has 0 saturated heterocycles. The van der Waals surface area contributed by atoms with Gasteiger partial charge in [-0.25, -0.2) is 4.39 Å². The Morgan fingerprint density at radius 1 is 1.18 bits per heavy atom. The van der Waals surface area contributed by atoms with E-state index in [1.54, 1.807) is 18.3 Å². The van der Waals surface area contributed by atoms with Gasteiger partial charge in [0.05, 0.1) is 5.52 Å². The second-order valence-corrected chi connectivity index (χ2v) is 5.53. The number of halogens is 2. The molecule has 0 aliphatic rings. The summed E-state index contributed by atoms with van der Waals surface area (Å²) >= 11 is 6.22. The Morgan fingerprint density at radius 3 is 2.68 bits per heavy atom. The molecule has 22 heavy (non-hydrogen) atoms. The topological polar surface area (TPSA) is 33.1 Å². The molecule has 0 spiro atoms. The fourth-order valence-electron chi connectivity index (χ4n) is 2.54. The normalized spacial score (nSPS) is 10.9. The molecule has 0 fully saturated rings. The van der Waals surface area contributed by atoms with Crippen LogP contribution in [0.1, 0.15) is 11.1 Å². The summed E-state index contributed by atoms with van der Waals surface area (Å²) in [5.74, 6) is -0.381. The third-order valence-corrected chi connectivity index (χ3v) is 3.92. The first-order valence-electron chi connectivity index (χ1n) is 6.70. The van der Waals surface area contributed by atoms with Gasteiger partial charge in [-0.3, -0.25) is 4.98 Å². The van der Waals surface area contributed by atoms with Gasteiger partial charge < -0.3 is 5.11 Å². The van der Waals surface area contributed by atoms with Gasteiger partial charge in [0.25, 0.3) is 0 Å². The lowest BCUT2D eigenvalue weighted by Gasteiger charge is -2.12. The van der Waals surface area contributed by atoms with E-state index in [1.165, 1.54) is 18.2 Å². The summed E-state index contributed by atoms with van der Waals surface area (Å²) in [7, 11) is 0. The third-order valence-electron chi connectivity index (χ3n) is 3.59. The molecular weight excluding hydrogens is 301 g/mol. The zero-order valence-corrected chi connectivity index (χ0v) is 12.7. The molecule has 4 heteroatoms. The summed E-state index contributed by atoms with van der Waals surface area (Å²) in [5.41, 5.74) is 3.64. The Kier molecular flexibility index (Phi) is 3.59. The van der Waals surface area contributed by atoms with E-state index in [9.17, 15) is 9.50 Å². The zero-order chi connectivity index (χ0) is 15.9. The first-order valence-corrected chi connectivity index (χ1v) is 7.08. The number of aliphatic hydroxyl groups is 1. The second-order valence-electron chi connectivity index (χ2n) is 5.12. The molecule has 110 valence electrons. The van der Waals surface area contributed by atoms with Crippen LogP contribution in [0.15, 0.2) is 49.2 Å². The zero-order valence-electron chi connectivity index (χ0n) is 11.9. The van der Waals surface area contributed by atoms with Crippen molar-refractivity contribution in [3.63, 3.8) is 0 Å². The third kappa shape index (κ3) is 2.44. The van der Waals surface area contributed by atoms with E-state index in [0.717, 1.165) is 22.0 Å². The minimum Gasteiger partial charge on any atom is -0.508 e. The number of fused-ring (bicyclic) bond motifs is 1. The molecule has 1 N–H and O–H groups in total. The quantitative estimate of drug-likeness (QED) is 0.631. The van der Waals surface area contributed by atoms with Crippen LogP contribution >= 0.6 is 11.6 Å². The molecule has 0 aliphatic carbocycles. The van der Waals surface area contributed by atoms with E-state index in [4.69, 9.17) is 11.6 Å². The number of aromatic nitrogens is 1. The van der Waals surface area contributed by atoms with Gasteiger partial charge in [-0.1, -0.05) is 18.2 Å². The molecule has 0 unspecified atom stereocenters. The van der Waals surface area contributed by atoms with Crippen LogP contribution in [0.25, 0.3) is 27.8 Å². The van der Waals surface area contributed by atoms with Crippen LogP contribution in [0.2, 0.25) is 5.02 Å². The molecule has 0 aliphatic heterocycles. The maximum atomic E-state index is 13.6. The van der Waals surface area contributed by atoms with Crippen LogP contribution in [0.3, 0.4) is 0 Å². The molecule has 1 aromatic heterocycles. The van der Waals surface area contributed by atoms with E-state index in [0.29, 0.717) is 16.1 Å². The Bertz CT molecular complexity index is 905. The summed E-state index contributed by atoms with van der Waals surface area (Å²) < 4.78 is 13.6. The summed E-state index contributed by atoms with van der Waals surface area (Å²) in [4.78, 5) is 4.37. The maximum absolute atomic E-state index is 13.6. The second kappa shape index (κ2) is 5.43. The molecule has 0 saturated carbocycles. The average molecular weight is 314 g/mol. The Morgan fingerprint density at radius 2 is 1.95 bits per heavy atom. The van der Waals surface area contributed by atoms with E-state index in [1.807, 2.05) is 13.0 Å². The molecule has 0 atom stereocenters. The van der Waals surface area contributed by atoms with Crippen LogP contribution in [-0.4, -0.2) is 10.1 Å². The van der Waals surface area contributed by atoms with Crippen LogP contribution in [0, 0.1) is 12.7 Å². The Hall–Kier alpha value is -2.39. The molecular formula is C18H13ClFNO. The monoisotopic (exact) mass is 313 g/mol. The van der Waals surface area contributed by atoms with Crippen molar-refractivity contribution in [2.45, 2.75) is 6.92 Å².